The standard InChI is InChI=1S/C12H15N5O3S/c18-21(19)2-1-7(5-21)11-16-12(20-17-11)9-3-8-10(4-13-9)15-6-14-8/h6-7,9,13H,1-5H2,(H,14,15). The summed E-state index contributed by atoms with van der Waals surface area (Å²) in [6.07, 6.45) is 2.93. The Balaban J connectivity index is 1.53. The Morgan fingerprint density at radius 2 is 2.29 bits per heavy atom. The van der Waals surface area contributed by atoms with Crippen molar-refractivity contribution in [1.29, 1.82) is 0 Å². The molecule has 1 fully saturated rings. The van der Waals surface area contributed by atoms with E-state index in [9.17, 15) is 8.42 Å². The lowest BCUT2D eigenvalue weighted by Crippen LogP contribution is -2.28. The van der Waals surface area contributed by atoms with Crippen LogP contribution in [0.3, 0.4) is 0 Å². The van der Waals surface area contributed by atoms with Crippen molar-refractivity contribution in [1.82, 2.24) is 25.4 Å². The highest BCUT2D eigenvalue weighted by Crippen LogP contribution is 2.29. The molecular weight excluding hydrogens is 294 g/mol. The number of sulfone groups is 1. The maximum absolute atomic E-state index is 11.5. The van der Waals surface area contributed by atoms with Crippen molar-refractivity contribution in [2.45, 2.75) is 31.3 Å². The topological polar surface area (TPSA) is 114 Å². The summed E-state index contributed by atoms with van der Waals surface area (Å²) < 4.78 is 28.4. The highest BCUT2D eigenvalue weighted by Gasteiger charge is 2.33. The average molecular weight is 309 g/mol. The minimum absolute atomic E-state index is 0.0694. The number of hydrogen-bond donors (Lipinski definition) is 2. The Labute approximate surface area is 121 Å². The van der Waals surface area contributed by atoms with Gasteiger partial charge in [-0.15, -0.1) is 0 Å². The Morgan fingerprint density at radius 3 is 3.10 bits per heavy atom. The monoisotopic (exact) mass is 309 g/mol. The quantitative estimate of drug-likeness (QED) is 0.807. The van der Waals surface area contributed by atoms with Crippen molar-refractivity contribution < 1.29 is 12.9 Å². The van der Waals surface area contributed by atoms with Crippen molar-refractivity contribution in [3.8, 4) is 0 Å². The van der Waals surface area contributed by atoms with Crippen LogP contribution < -0.4 is 5.32 Å². The fraction of sp³-hybridized carbons (Fsp3) is 0.583. The van der Waals surface area contributed by atoms with Crippen molar-refractivity contribution in [3.05, 3.63) is 29.4 Å². The molecule has 0 aromatic carbocycles. The normalized spacial score (nSPS) is 27.6. The second-order valence-electron chi connectivity index (χ2n) is 5.56. The van der Waals surface area contributed by atoms with Crippen LogP contribution in [0.4, 0.5) is 0 Å². The molecule has 2 atom stereocenters. The fourth-order valence-corrected chi connectivity index (χ4v) is 4.64. The smallest absolute Gasteiger partial charge is 0.244 e. The number of nitrogens with zero attached hydrogens (tertiary/aromatic N) is 3. The van der Waals surface area contributed by atoms with E-state index in [1.54, 1.807) is 6.33 Å². The minimum atomic E-state index is -2.94. The number of rotatable bonds is 2. The lowest BCUT2D eigenvalue weighted by molar-refractivity contribution is 0.316. The molecule has 9 heteroatoms. The highest BCUT2D eigenvalue weighted by molar-refractivity contribution is 7.91. The maximum Gasteiger partial charge on any atom is 0.244 e. The van der Waals surface area contributed by atoms with E-state index >= 15 is 0 Å². The largest absolute Gasteiger partial charge is 0.347 e. The van der Waals surface area contributed by atoms with Crippen LogP contribution in [0.25, 0.3) is 0 Å². The summed E-state index contributed by atoms with van der Waals surface area (Å²) in [7, 11) is -2.94. The summed E-state index contributed by atoms with van der Waals surface area (Å²) in [6, 6.07) is -0.0694. The molecule has 2 unspecified atom stereocenters. The van der Waals surface area contributed by atoms with Crippen LogP contribution in [-0.2, 0) is 22.8 Å². The van der Waals surface area contributed by atoms with Crippen LogP contribution in [0.15, 0.2) is 10.9 Å². The van der Waals surface area contributed by atoms with Crippen molar-refractivity contribution >= 4 is 9.84 Å². The molecule has 21 heavy (non-hydrogen) atoms. The molecule has 0 amide bonds. The minimum Gasteiger partial charge on any atom is -0.347 e. The van der Waals surface area contributed by atoms with Crippen LogP contribution in [0, 0.1) is 0 Å². The Hall–Kier alpha value is -1.74. The van der Waals surface area contributed by atoms with Gasteiger partial charge < -0.3 is 9.51 Å². The van der Waals surface area contributed by atoms with Gasteiger partial charge in [0.05, 0.1) is 35.3 Å². The maximum atomic E-state index is 11.5. The zero-order valence-corrected chi connectivity index (χ0v) is 12.1. The number of aromatic nitrogens is 4. The molecular formula is C12H15N5O3S. The third-order valence-electron chi connectivity index (χ3n) is 4.08. The van der Waals surface area contributed by atoms with Gasteiger partial charge in [0.15, 0.2) is 15.7 Å². The third-order valence-corrected chi connectivity index (χ3v) is 5.85. The molecule has 2 aromatic rings. The Kier molecular flexibility index (Phi) is 2.86. The van der Waals surface area contributed by atoms with Crippen LogP contribution in [0.5, 0.6) is 0 Å². The number of fused-ring (bicyclic) bond motifs is 1. The summed E-state index contributed by atoms with van der Waals surface area (Å²) in [4.78, 5) is 11.7. The van der Waals surface area contributed by atoms with E-state index in [1.807, 2.05) is 0 Å². The number of hydrogen-bond acceptors (Lipinski definition) is 7. The molecule has 0 spiro atoms. The molecule has 0 bridgehead atoms. The molecule has 0 aliphatic carbocycles. The Morgan fingerprint density at radius 1 is 1.38 bits per heavy atom. The van der Waals surface area contributed by atoms with Crippen LogP contribution in [-0.4, -0.2) is 40.0 Å². The molecule has 8 nitrogen and oxygen atoms in total. The Bertz CT molecular complexity index is 765. The molecule has 2 N–H and O–H groups in total. The van der Waals surface area contributed by atoms with E-state index in [1.165, 1.54) is 0 Å². The number of imidazole rings is 1. The van der Waals surface area contributed by atoms with E-state index < -0.39 is 9.84 Å². The highest BCUT2D eigenvalue weighted by atomic mass is 32.2. The van der Waals surface area contributed by atoms with Crippen LogP contribution >= 0.6 is 0 Å². The third kappa shape index (κ3) is 2.36. The van der Waals surface area contributed by atoms with Gasteiger partial charge in [0.25, 0.3) is 0 Å². The van der Waals surface area contributed by atoms with E-state index in [-0.39, 0.29) is 23.5 Å². The molecule has 0 radical (unpaired) electrons. The van der Waals surface area contributed by atoms with Crippen molar-refractivity contribution in [2.75, 3.05) is 11.5 Å². The van der Waals surface area contributed by atoms with E-state index in [2.05, 4.69) is 25.4 Å². The summed E-state index contributed by atoms with van der Waals surface area (Å²) in [5.74, 6) is 1.19. The van der Waals surface area contributed by atoms with E-state index in [0.29, 0.717) is 31.1 Å². The fourth-order valence-electron chi connectivity index (χ4n) is 2.90. The lowest BCUT2D eigenvalue weighted by Gasteiger charge is -2.19. The summed E-state index contributed by atoms with van der Waals surface area (Å²) in [5.41, 5.74) is 2.08. The van der Waals surface area contributed by atoms with Gasteiger partial charge in [-0.25, -0.2) is 13.4 Å². The van der Waals surface area contributed by atoms with Gasteiger partial charge in [0, 0.05) is 18.9 Å². The molecule has 2 aromatic heterocycles. The molecule has 1 saturated heterocycles. The van der Waals surface area contributed by atoms with Gasteiger partial charge in [0.1, 0.15) is 0 Å². The first-order valence-electron chi connectivity index (χ1n) is 6.89. The zero-order chi connectivity index (χ0) is 14.4. The molecule has 112 valence electrons. The first-order valence-corrected chi connectivity index (χ1v) is 8.71. The van der Waals surface area contributed by atoms with Crippen molar-refractivity contribution in [3.63, 3.8) is 0 Å². The van der Waals surface area contributed by atoms with Gasteiger partial charge in [-0.2, -0.15) is 4.98 Å². The predicted molar refractivity (Wildman–Crippen MR) is 72.2 cm³/mol. The molecule has 2 aliphatic heterocycles. The summed E-state index contributed by atoms with van der Waals surface area (Å²) in [5, 5.41) is 7.28. The van der Waals surface area contributed by atoms with Gasteiger partial charge in [0.2, 0.25) is 5.89 Å². The van der Waals surface area contributed by atoms with Crippen LogP contribution in [0.1, 0.15) is 41.5 Å². The first kappa shape index (κ1) is 13.0. The summed E-state index contributed by atoms with van der Waals surface area (Å²) in [6.45, 7) is 0.676. The van der Waals surface area contributed by atoms with Crippen molar-refractivity contribution in [2.24, 2.45) is 0 Å². The molecule has 4 heterocycles. The van der Waals surface area contributed by atoms with Gasteiger partial charge in [-0.3, -0.25) is 5.32 Å². The number of aromatic amines is 1. The van der Waals surface area contributed by atoms with Gasteiger partial charge in [-0.05, 0) is 6.42 Å². The van der Waals surface area contributed by atoms with Crippen LogP contribution in [0.2, 0.25) is 0 Å². The average Bonchev–Trinajstić information content (AvgIpc) is 3.15. The van der Waals surface area contributed by atoms with Gasteiger partial charge >= 0.3 is 0 Å². The zero-order valence-electron chi connectivity index (χ0n) is 11.2. The molecule has 2 aliphatic rings. The van der Waals surface area contributed by atoms with Gasteiger partial charge in [-0.1, -0.05) is 5.16 Å². The van der Waals surface area contributed by atoms with E-state index in [0.717, 1.165) is 11.4 Å². The first-order chi connectivity index (χ1) is 10.1. The second kappa shape index (κ2) is 4.63. The summed E-state index contributed by atoms with van der Waals surface area (Å²) >= 11 is 0. The second-order valence-corrected chi connectivity index (χ2v) is 7.78. The van der Waals surface area contributed by atoms with E-state index in [4.69, 9.17) is 4.52 Å². The SMILES string of the molecule is O=S1(=O)CCC(c2noc(C3Cc4nc[nH]c4CN3)n2)C1. The predicted octanol–water partition coefficient (Wildman–Crippen LogP) is 0.0818. The molecule has 4 rings (SSSR count). The number of nitrogens with one attached hydrogen (secondary N) is 2. The number of H-pyrrole nitrogens is 1. The lowest BCUT2D eigenvalue weighted by atomic mass is 10.1. The molecule has 0 saturated carbocycles.